The normalized spacial score (nSPS) is 18.0. The van der Waals surface area contributed by atoms with Crippen LogP contribution in [-0.4, -0.2) is 45.6 Å². The molecule has 3 heterocycles. The Morgan fingerprint density at radius 2 is 2.30 bits per heavy atom. The molecule has 1 atom stereocenters. The lowest BCUT2D eigenvalue weighted by atomic mass is 10.1. The predicted octanol–water partition coefficient (Wildman–Crippen LogP) is 2.11. The van der Waals surface area contributed by atoms with E-state index in [9.17, 15) is 9.59 Å². The molecular formula is C16H22N4O2S. The molecule has 0 radical (unpaired) electrons. The Labute approximate surface area is 139 Å². The van der Waals surface area contributed by atoms with Gasteiger partial charge in [0, 0.05) is 25.5 Å². The summed E-state index contributed by atoms with van der Waals surface area (Å²) < 4.78 is 1.84. The number of aromatic nitrogens is 2. The molecule has 2 amide bonds. The molecule has 7 heteroatoms. The average Bonchev–Trinajstić information content (AvgIpc) is 3.18. The SMILES string of the molecule is CCN(C(=O)c1cc2c(C(C)C)nn(C)c2s1)C1CCNC1=O. The van der Waals surface area contributed by atoms with Gasteiger partial charge in [0.1, 0.15) is 10.9 Å². The molecule has 2 aromatic rings. The summed E-state index contributed by atoms with van der Waals surface area (Å²) in [7, 11) is 1.90. The number of nitrogens with zero attached hydrogens (tertiary/aromatic N) is 3. The van der Waals surface area contributed by atoms with Crippen LogP contribution in [0.4, 0.5) is 0 Å². The molecule has 6 nitrogen and oxygen atoms in total. The lowest BCUT2D eigenvalue weighted by Crippen LogP contribution is -2.44. The number of nitrogens with one attached hydrogen (secondary N) is 1. The maximum atomic E-state index is 12.9. The summed E-state index contributed by atoms with van der Waals surface area (Å²) in [5.41, 5.74) is 1.01. The molecule has 0 aromatic carbocycles. The van der Waals surface area contributed by atoms with E-state index in [1.165, 1.54) is 11.3 Å². The highest BCUT2D eigenvalue weighted by molar-refractivity contribution is 7.20. The number of aryl methyl sites for hydroxylation is 1. The molecule has 0 spiro atoms. The standard InChI is InChI=1S/C16H22N4O2S/c1-5-20(11-6-7-17-14(11)21)15(22)12-8-10-13(9(2)3)18-19(4)16(10)23-12/h8-9,11H,5-7H2,1-4H3,(H,17,21). The molecule has 1 aliphatic heterocycles. The van der Waals surface area contributed by atoms with Crippen molar-refractivity contribution in [3.8, 4) is 0 Å². The summed E-state index contributed by atoms with van der Waals surface area (Å²) in [6.45, 7) is 7.28. The van der Waals surface area contributed by atoms with Gasteiger partial charge >= 0.3 is 0 Å². The van der Waals surface area contributed by atoms with Crippen LogP contribution in [0.1, 0.15) is 48.5 Å². The van der Waals surface area contributed by atoms with Crippen molar-refractivity contribution >= 4 is 33.4 Å². The first-order chi connectivity index (χ1) is 10.9. The molecule has 0 bridgehead atoms. The van der Waals surface area contributed by atoms with Crippen molar-refractivity contribution in [1.82, 2.24) is 20.0 Å². The van der Waals surface area contributed by atoms with Crippen molar-refractivity contribution in [2.24, 2.45) is 7.05 Å². The van der Waals surface area contributed by atoms with Gasteiger partial charge in [0.15, 0.2) is 0 Å². The second-order valence-corrected chi connectivity index (χ2v) is 7.21. The molecule has 3 rings (SSSR count). The van der Waals surface area contributed by atoms with Crippen molar-refractivity contribution in [2.75, 3.05) is 13.1 Å². The van der Waals surface area contributed by atoms with Gasteiger partial charge in [-0.2, -0.15) is 5.10 Å². The minimum Gasteiger partial charge on any atom is -0.354 e. The molecular weight excluding hydrogens is 312 g/mol. The lowest BCUT2D eigenvalue weighted by Gasteiger charge is -2.25. The molecule has 1 aliphatic rings. The predicted molar refractivity (Wildman–Crippen MR) is 90.8 cm³/mol. The van der Waals surface area contributed by atoms with Gasteiger partial charge in [-0.3, -0.25) is 14.3 Å². The fourth-order valence-electron chi connectivity index (χ4n) is 3.12. The van der Waals surface area contributed by atoms with Gasteiger partial charge in [-0.15, -0.1) is 11.3 Å². The number of fused-ring (bicyclic) bond motifs is 1. The van der Waals surface area contributed by atoms with E-state index in [-0.39, 0.29) is 17.9 Å². The Hall–Kier alpha value is -1.89. The minimum absolute atomic E-state index is 0.0501. The summed E-state index contributed by atoms with van der Waals surface area (Å²) in [6.07, 6.45) is 0.683. The Balaban J connectivity index is 1.97. The lowest BCUT2D eigenvalue weighted by molar-refractivity contribution is -0.122. The van der Waals surface area contributed by atoms with Crippen LogP contribution in [0.5, 0.6) is 0 Å². The number of amides is 2. The zero-order valence-electron chi connectivity index (χ0n) is 13.9. The van der Waals surface area contributed by atoms with Crippen molar-refractivity contribution < 1.29 is 9.59 Å². The molecule has 1 unspecified atom stereocenters. The first-order valence-corrected chi connectivity index (χ1v) is 8.80. The molecule has 0 aliphatic carbocycles. The fraction of sp³-hybridized carbons (Fsp3) is 0.562. The van der Waals surface area contributed by atoms with Gasteiger partial charge in [0.05, 0.1) is 10.6 Å². The highest BCUT2D eigenvalue weighted by Gasteiger charge is 2.33. The number of rotatable bonds is 4. The summed E-state index contributed by atoms with van der Waals surface area (Å²) in [4.78, 5) is 28.2. The van der Waals surface area contributed by atoms with Gasteiger partial charge in [0.2, 0.25) is 5.91 Å². The highest BCUT2D eigenvalue weighted by atomic mass is 32.1. The van der Waals surface area contributed by atoms with E-state index in [4.69, 9.17) is 0 Å². The third-order valence-corrected chi connectivity index (χ3v) is 5.49. The molecule has 124 valence electrons. The molecule has 2 aromatic heterocycles. The molecule has 23 heavy (non-hydrogen) atoms. The number of hydrogen-bond donors (Lipinski definition) is 1. The second kappa shape index (κ2) is 5.96. The van der Waals surface area contributed by atoms with E-state index in [1.807, 2.05) is 24.7 Å². The first-order valence-electron chi connectivity index (χ1n) is 7.99. The van der Waals surface area contributed by atoms with Crippen LogP contribution in [0.25, 0.3) is 10.2 Å². The maximum Gasteiger partial charge on any atom is 0.264 e. The van der Waals surface area contributed by atoms with E-state index in [2.05, 4.69) is 24.3 Å². The summed E-state index contributed by atoms with van der Waals surface area (Å²) in [6, 6.07) is 1.58. The van der Waals surface area contributed by atoms with Crippen molar-refractivity contribution in [3.05, 3.63) is 16.6 Å². The molecule has 1 saturated heterocycles. The summed E-state index contributed by atoms with van der Waals surface area (Å²) >= 11 is 1.45. The first kappa shape index (κ1) is 16.0. The van der Waals surface area contributed by atoms with Crippen LogP contribution in [0.15, 0.2) is 6.07 Å². The number of likely N-dealkylation sites (N-methyl/N-ethyl adjacent to an activating group) is 1. The van der Waals surface area contributed by atoms with Gasteiger partial charge in [-0.05, 0) is 25.3 Å². The number of carbonyl (C=O) groups excluding carboxylic acids is 2. The fourth-order valence-corrected chi connectivity index (χ4v) is 4.16. The van der Waals surface area contributed by atoms with Crippen LogP contribution in [-0.2, 0) is 11.8 Å². The third kappa shape index (κ3) is 2.63. The van der Waals surface area contributed by atoms with Crippen LogP contribution in [0.2, 0.25) is 0 Å². The average molecular weight is 334 g/mol. The van der Waals surface area contributed by atoms with E-state index >= 15 is 0 Å². The van der Waals surface area contributed by atoms with Gasteiger partial charge in [0.25, 0.3) is 5.91 Å². The molecule has 1 N–H and O–H groups in total. The van der Waals surface area contributed by atoms with E-state index < -0.39 is 0 Å². The summed E-state index contributed by atoms with van der Waals surface area (Å²) in [5.74, 6) is 0.190. The van der Waals surface area contributed by atoms with Crippen LogP contribution < -0.4 is 5.32 Å². The van der Waals surface area contributed by atoms with Crippen molar-refractivity contribution in [3.63, 3.8) is 0 Å². The van der Waals surface area contributed by atoms with E-state index in [1.54, 1.807) is 4.90 Å². The quantitative estimate of drug-likeness (QED) is 0.931. The van der Waals surface area contributed by atoms with Crippen LogP contribution in [0.3, 0.4) is 0 Å². The maximum absolute atomic E-state index is 12.9. The largest absolute Gasteiger partial charge is 0.354 e. The third-order valence-electron chi connectivity index (χ3n) is 4.30. The topological polar surface area (TPSA) is 67.2 Å². The van der Waals surface area contributed by atoms with Gasteiger partial charge in [-0.1, -0.05) is 13.8 Å². The molecule has 0 saturated carbocycles. The molecule has 1 fully saturated rings. The Bertz CT molecular complexity index is 762. The van der Waals surface area contributed by atoms with Gasteiger partial charge < -0.3 is 10.2 Å². The second-order valence-electron chi connectivity index (χ2n) is 6.18. The van der Waals surface area contributed by atoms with E-state index in [0.29, 0.717) is 30.3 Å². The number of carbonyl (C=O) groups is 2. The summed E-state index contributed by atoms with van der Waals surface area (Å²) in [5, 5.41) is 8.39. The minimum atomic E-state index is -0.347. The smallest absolute Gasteiger partial charge is 0.264 e. The highest BCUT2D eigenvalue weighted by Crippen LogP contribution is 2.32. The number of hydrogen-bond acceptors (Lipinski definition) is 4. The van der Waals surface area contributed by atoms with Gasteiger partial charge in [-0.25, -0.2) is 0 Å². The van der Waals surface area contributed by atoms with E-state index in [0.717, 1.165) is 15.9 Å². The zero-order chi connectivity index (χ0) is 16.7. The number of thiophene rings is 1. The van der Waals surface area contributed by atoms with Crippen molar-refractivity contribution in [2.45, 2.75) is 39.2 Å². The van der Waals surface area contributed by atoms with Crippen LogP contribution in [0, 0.1) is 0 Å². The Morgan fingerprint density at radius 1 is 1.57 bits per heavy atom. The Morgan fingerprint density at radius 3 is 2.87 bits per heavy atom. The van der Waals surface area contributed by atoms with Crippen molar-refractivity contribution in [1.29, 1.82) is 0 Å². The van der Waals surface area contributed by atoms with Crippen LogP contribution >= 0.6 is 11.3 Å². The monoisotopic (exact) mass is 334 g/mol. The zero-order valence-corrected chi connectivity index (χ0v) is 14.7. The Kier molecular flexibility index (Phi) is 4.14.